The number of aromatic nitrogens is 2. The summed E-state index contributed by atoms with van der Waals surface area (Å²) in [6.07, 6.45) is 8.01. The second kappa shape index (κ2) is 7.77. The highest BCUT2D eigenvalue weighted by Crippen LogP contribution is 2.03. The molecule has 0 saturated carbocycles. The lowest BCUT2D eigenvalue weighted by Gasteiger charge is -2.03. The Morgan fingerprint density at radius 3 is 2.93 bits per heavy atom. The van der Waals surface area contributed by atoms with E-state index in [0.29, 0.717) is 0 Å². The van der Waals surface area contributed by atoms with Crippen LogP contribution in [0.5, 0.6) is 0 Å². The third-order valence-electron chi connectivity index (χ3n) is 2.45. The molecule has 1 aromatic heterocycles. The van der Waals surface area contributed by atoms with Gasteiger partial charge in [0.05, 0.1) is 6.20 Å². The van der Waals surface area contributed by atoms with Crippen LogP contribution in [-0.4, -0.2) is 28.8 Å². The molecular weight excluding hydrogens is 206 g/mol. The summed E-state index contributed by atoms with van der Waals surface area (Å²) in [6.45, 7) is 4.10. The molecule has 0 aromatic carbocycles. The molecule has 0 amide bonds. The minimum atomic E-state index is 0.935. The molecular formula is C11H21N3S. The normalized spacial score (nSPS) is 10.8. The first-order valence-corrected chi connectivity index (χ1v) is 6.92. The van der Waals surface area contributed by atoms with Crippen molar-refractivity contribution in [1.29, 1.82) is 0 Å². The maximum absolute atomic E-state index is 3.99. The van der Waals surface area contributed by atoms with E-state index in [1.807, 2.05) is 18.0 Å². The third-order valence-corrected chi connectivity index (χ3v) is 3.15. The zero-order chi connectivity index (χ0) is 10.9. The highest BCUT2D eigenvalue weighted by molar-refractivity contribution is 7.98. The Balaban J connectivity index is 1.96. The Kier molecular flexibility index (Phi) is 6.52. The minimum Gasteiger partial charge on any atom is -0.313 e. The fourth-order valence-electron chi connectivity index (χ4n) is 1.45. The molecule has 0 aliphatic heterocycles. The van der Waals surface area contributed by atoms with Crippen molar-refractivity contribution in [2.75, 3.05) is 18.6 Å². The third kappa shape index (κ3) is 5.23. The molecule has 0 aliphatic carbocycles. The maximum atomic E-state index is 3.99. The van der Waals surface area contributed by atoms with Gasteiger partial charge in [0.25, 0.3) is 0 Å². The van der Waals surface area contributed by atoms with E-state index >= 15 is 0 Å². The molecule has 15 heavy (non-hydrogen) atoms. The van der Waals surface area contributed by atoms with Crippen molar-refractivity contribution in [2.45, 2.75) is 32.7 Å². The van der Waals surface area contributed by atoms with Gasteiger partial charge in [0.15, 0.2) is 0 Å². The van der Waals surface area contributed by atoms with Crippen LogP contribution in [0.25, 0.3) is 0 Å². The molecule has 0 bridgehead atoms. The fraction of sp³-hybridized carbons (Fsp3) is 0.727. The molecule has 0 atom stereocenters. The highest BCUT2D eigenvalue weighted by Gasteiger charge is 1.98. The second-order valence-electron chi connectivity index (χ2n) is 3.75. The molecule has 0 spiro atoms. The second-order valence-corrected chi connectivity index (χ2v) is 4.74. The van der Waals surface area contributed by atoms with Crippen molar-refractivity contribution >= 4 is 11.8 Å². The summed E-state index contributed by atoms with van der Waals surface area (Å²) in [4.78, 5) is 0. The first-order chi connectivity index (χ1) is 7.34. The quantitative estimate of drug-likeness (QED) is 0.670. The highest BCUT2D eigenvalue weighted by atomic mass is 32.2. The Morgan fingerprint density at radius 1 is 1.40 bits per heavy atom. The van der Waals surface area contributed by atoms with Crippen molar-refractivity contribution in [3.8, 4) is 0 Å². The summed E-state index contributed by atoms with van der Waals surface area (Å²) < 4.78 is 0. The molecule has 0 unspecified atom stereocenters. The standard InChI is InChI=1S/C11H21N3S/c1-10-11(9-13-14-10)8-12-6-4-3-5-7-15-2/h9,12H,3-8H2,1-2H3,(H,13,14). The van der Waals surface area contributed by atoms with Crippen molar-refractivity contribution in [2.24, 2.45) is 0 Å². The van der Waals surface area contributed by atoms with Crippen LogP contribution >= 0.6 is 11.8 Å². The van der Waals surface area contributed by atoms with E-state index in [-0.39, 0.29) is 0 Å². The number of hydrogen-bond donors (Lipinski definition) is 2. The van der Waals surface area contributed by atoms with Crippen LogP contribution in [0.1, 0.15) is 30.5 Å². The van der Waals surface area contributed by atoms with Crippen molar-refractivity contribution in [1.82, 2.24) is 15.5 Å². The molecule has 86 valence electrons. The molecule has 4 heteroatoms. The number of rotatable bonds is 8. The van der Waals surface area contributed by atoms with E-state index in [2.05, 4.69) is 28.7 Å². The summed E-state index contributed by atoms with van der Waals surface area (Å²) in [6, 6.07) is 0. The summed E-state index contributed by atoms with van der Waals surface area (Å²) >= 11 is 1.93. The molecule has 3 nitrogen and oxygen atoms in total. The molecule has 2 N–H and O–H groups in total. The minimum absolute atomic E-state index is 0.935. The summed E-state index contributed by atoms with van der Waals surface area (Å²) in [5.41, 5.74) is 2.45. The van der Waals surface area contributed by atoms with Gasteiger partial charge in [-0.15, -0.1) is 0 Å². The van der Waals surface area contributed by atoms with E-state index in [1.165, 1.54) is 36.3 Å². The predicted molar refractivity (Wildman–Crippen MR) is 67.3 cm³/mol. The Bertz CT molecular complexity index is 260. The lowest BCUT2D eigenvalue weighted by atomic mass is 10.2. The topological polar surface area (TPSA) is 40.7 Å². The first-order valence-electron chi connectivity index (χ1n) is 5.53. The number of aromatic amines is 1. The van der Waals surface area contributed by atoms with Gasteiger partial charge in [0, 0.05) is 17.8 Å². The molecule has 0 radical (unpaired) electrons. The fourth-order valence-corrected chi connectivity index (χ4v) is 1.94. The zero-order valence-corrected chi connectivity index (χ0v) is 10.5. The van der Waals surface area contributed by atoms with E-state index in [4.69, 9.17) is 0 Å². The van der Waals surface area contributed by atoms with Gasteiger partial charge >= 0.3 is 0 Å². The number of thioether (sulfide) groups is 1. The van der Waals surface area contributed by atoms with Crippen LogP contribution in [0.2, 0.25) is 0 Å². The Labute approximate surface area is 96.4 Å². The van der Waals surface area contributed by atoms with Gasteiger partial charge in [-0.25, -0.2) is 0 Å². The van der Waals surface area contributed by atoms with Gasteiger partial charge < -0.3 is 5.32 Å². The van der Waals surface area contributed by atoms with E-state index in [9.17, 15) is 0 Å². The summed E-state index contributed by atoms with van der Waals surface area (Å²) in [7, 11) is 0. The van der Waals surface area contributed by atoms with Gasteiger partial charge in [-0.1, -0.05) is 6.42 Å². The number of unbranched alkanes of at least 4 members (excludes halogenated alkanes) is 2. The van der Waals surface area contributed by atoms with Crippen LogP contribution in [-0.2, 0) is 6.54 Å². The lowest BCUT2D eigenvalue weighted by Crippen LogP contribution is -2.14. The van der Waals surface area contributed by atoms with Crippen LogP contribution in [0.15, 0.2) is 6.20 Å². The number of hydrogen-bond acceptors (Lipinski definition) is 3. The smallest absolute Gasteiger partial charge is 0.0535 e. The molecule has 0 aliphatic rings. The van der Waals surface area contributed by atoms with E-state index in [1.54, 1.807) is 0 Å². The maximum Gasteiger partial charge on any atom is 0.0535 e. The number of nitrogens with one attached hydrogen (secondary N) is 2. The Hall–Kier alpha value is -0.480. The largest absolute Gasteiger partial charge is 0.313 e. The average Bonchev–Trinajstić information content (AvgIpc) is 2.63. The zero-order valence-electron chi connectivity index (χ0n) is 9.68. The van der Waals surface area contributed by atoms with E-state index < -0.39 is 0 Å². The van der Waals surface area contributed by atoms with Crippen molar-refractivity contribution < 1.29 is 0 Å². The van der Waals surface area contributed by atoms with Crippen LogP contribution in [0, 0.1) is 6.92 Å². The predicted octanol–water partition coefficient (Wildman–Crippen LogP) is 2.34. The molecule has 1 rings (SSSR count). The number of H-pyrrole nitrogens is 1. The van der Waals surface area contributed by atoms with Crippen LogP contribution in [0.3, 0.4) is 0 Å². The lowest BCUT2D eigenvalue weighted by molar-refractivity contribution is 0.617. The molecule has 1 heterocycles. The van der Waals surface area contributed by atoms with Crippen LogP contribution < -0.4 is 5.32 Å². The van der Waals surface area contributed by atoms with Gasteiger partial charge in [-0.3, -0.25) is 5.10 Å². The first kappa shape index (κ1) is 12.6. The monoisotopic (exact) mass is 227 g/mol. The molecule has 0 fully saturated rings. The van der Waals surface area contributed by atoms with Gasteiger partial charge in [0.2, 0.25) is 0 Å². The summed E-state index contributed by atoms with van der Waals surface area (Å²) in [5.74, 6) is 1.29. The summed E-state index contributed by atoms with van der Waals surface area (Å²) in [5, 5.41) is 10.4. The Morgan fingerprint density at radius 2 is 2.27 bits per heavy atom. The SMILES string of the molecule is CSCCCCCNCc1cn[nH]c1C. The van der Waals surface area contributed by atoms with Crippen molar-refractivity contribution in [3.63, 3.8) is 0 Å². The number of nitrogens with zero attached hydrogens (tertiary/aromatic N) is 1. The van der Waals surface area contributed by atoms with Gasteiger partial charge in [-0.2, -0.15) is 16.9 Å². The number of aryl methyl sites for hydroxylation is 1. The van der Waals surface area contributed by atoms with E-state index in [0.717, 1.165) is 13.1 Å². The van der Waals surface area contributed by atoms with Gasteiger partial charge in [-0.05, 0) is 38.3 Å². The average molecular weight is 227 g/mol. The molecule has 0 saturated heterocycles. The van der Waals surface area contributed by atoms with Crippen molar-refractivity contribution in [3.05, 3.63) is 17.5 Å². The van der Waals surface area contributed by atoms with Gasteiger partial charge in [0.1, 0.15) is 0 Å². The molecule has 1 aromatic rings. The van der Waals surface area contributed by atoms with Crippen LogP contribution in [0.4, 0.5) is 0 Å².